The summed E-state index contributed by atoms with van der Waals surface area (Å²) in [7, 11) is 1.60. The molecule has 1 atom stereocenters. The van der Waals surface area contributed by atoms with Gasteiger partial charge in [-0.3, -0.25) is 9.59 Å². The van der Waals surface area contributed by atoms with Crippen molar-refractivity contribution in [3.8, 4) is 10.6 Å². The van der Waals surface area contributed by atoms with Crippen molar-refractivity contribution < 1.29 is 19.4 Å². The zero-order chi connectivity index (χ0) is 22.7. The normalized spacial score (nSPS) is 16.1. The molecule has 0 fully saturated rings. The number of rotatable bonds is 8. The summed E-state index contributed by atoms with van der Waals surface area (Å²) in [6.07, 6.45) is 0.595. The van der Waals surface area contributed by atoms with Gasteiger partial charge >= 0.3 is 0 Å². The first-order valence-electron chi connectivity index (χ1n) is 10.4. The number of Topliss-reactive ketones (excluding diaryl/α,β-unsaturated/α-hetero) is 1. The number of nitrogens with zero attached hydrogens (tertiary/aromatic N) is 2. The van der Waals surface area contributed by atoms with E-state index in [0.717, 1.165) is 16.1 Å². The van der Waals surface area contributed by atoms with Gasteiger partial charge in [-0.15, -0.1) is 11.3 Å². The van der Waals surface area contributed by atoms with E-state index in [4.69, 9.17) is 4.74 Å². The molecule has 164 valence electrons. The van der Waals surface area contributed by atoms with E-state index >= 15 is 0 Å². The van der Waals surface area contributed by atoms with E-state index in [1.54, 1.807) is 18.9 Å². The SMILES string of the molecule is COCCCN1C(=O)C(O)=C(C(=O)c2sc(-c3ccccc3)nc2C)C1c1ccccc1. The summed E-state index contributed by atoms with van der Waals surface area (Å²) in [6.45, 7) is 2.62. The van der Waals surface area contributed by atoms with Gasteiger partial charge in [0.25, 0.3) is 5.91 Å². The Morgan fingerprint density at radius 3 is 2.44 bits per heavy atom. The summed E-state index contributed by atoms with van der Waals surface area (Å²) in [5.74, 6) is -1.39. The van der Waals surface area contributed by atoms with E-state index in [2.05, 4.69) is 4.98 Å². The smallest absolute Gasteiger partial charge is 0.290 e. The van der Waals surface area contributed by atoms with Crippen LogP contribution < -0.4 is 0 Å². The van der Waals surface area contributed by atoms with Gasteiger partial charge in [-0.1, -0.05) is 60.7 Å². The molecule has 0 bridgehead atoms. The third kappa shape index (κ3) is 4.09. The minimum absolute atomic E-state index is 0.102. The number of carbonyl (C=O) groups excluding carboxylic acids is 2. The van der Waals surface area contributed by atoms with Crippen molar-refractivity contribution in [3.63, 3.8) is 0 Å². The molecule has 1 aromatic heterocycles. The molecule has 6 nitrogen and oxygen atoms in total. The highest BCUT2D eigenvalue weighted by Gasteiger charge is 2.44. The van der Waals surface area contributed by atoms with Crippen molar-refractivity contribution in [2.45, 2.75) is 19.4 Å². The van der Waals surface area contributed by atoms with Crippen LogP contribution in [-0.4, -0.2) is 46.9 Å². The van der Waals surface area contributed by atoms with Gasteiger partial charge in [0.2, 0.25) is 5.78 Å². The summed E-state index contributed by atoms with van der Waals surface area (Å²) in [5.41, 5.74) is 2.37. The van der Waals surface area contributed by atoms with Gasteiger partial charge in [-0.05, 0) is 18.9 Å². The maximum Gasteiger partial charge on any atom is 0.290 e. The molecule has 1 unspecified atom stereocenters. The lowest BCUT2D eigenvalue weighted by molar-refractivity contribution is -0.129. The second-order valence-corrected chi connectivity index (χ2v) is 8.55. The molecular formula is C25H24N2O4S. The largest absolute Gasteiger partial charge is 0.503 e. The first-order valence-corrected chi connectivity index (χ1v) is 11.2. The zero-order valence-corrected chi connectivity index (χ0v) is 18.8. The molecule has 2 aromatic carbocycles. The standard InChI is InChI=1S/C25H24N2O4S/c1-16-23(32-24(26-16)18-12-7-4-8-13-18)21(28)19-20(17-10-5-3-6-11-17)27(14-9-15-31-2)25(30)22(19)29/h3-8,10-13,20,29H,9,14-15H2,1-2H3. The van der Waals surface area contributed by atoms with Crippen LogP contribution in [-0.2, 0) is 9.53 Å². The van der Waals surface area contributed by atoms with Crippen LogP contribution in [0.1, 0.15) is 33.4 Å². The summed E-state index contributed by atoms with van der Waals surface area (Å²) in [6, 6.07) is 18.3. The lowest BCUT2D eigenvalue weighted by Gasteiger charge is -2.26. The quantitative estimate of drug-likeness (QED) is 0.398. The molecule has 1 aliphatic rings. The second-order valence-electron chi connectivity index (χ2n) is 7.55. The fourth-order valence-electron chi connectivity index (χ4n) is 3.91. The average molecular weight is 449 g/mol. The summed E-state index contributed by atoms with van der Waals surface area (Å²) in [4.78, 5) is 33.2. The molecule has 2 heterocycles. The summed E-state index contributed by atoms with van der Waals surface area (Å²) in [5, 5.41) is 11.5. The van der Waals surface area contributed by atoms with Gasteiger partial charge < -0.3 is 14.7 Å². The molecule has 3 aromatic rings. The Kier molecular flexibility index (Phi) is 6.48. The maximum absolute atomic E-state index is 13.7. The van der Waals surface area contributed by atoms with Crippen LogP contribution in [0.25, 0.3) is 10.6 Å². The van der Waals surface area contributed by atoms with Gasteiger partial charge in [0.1, 0.15) is 5.01 Å². The number of ether oxygens (including phenoxy) is 1. The number of benzene rings is 2. The van der Waals surface area contributed by atoms with Crippen LogP contribution in [0.15, 0.2) is 72.0 Å². The predicted octanol–water partition coefficient (Wildman–Crippen LogP) is 4.73. The monoisotopic (exact) mass is 448 g/mol. The molecule has 7 heteroatoms. The lowest BCUT2D eigenvalue weighted by atomic mass is 9.95. The highest BCUT2D eigenvalue weighted by molar-refractivity contribution is 7.17. The lowest BCUT2D eigenvalue weighted by Crippen LogP contribution is -2.32. The molecule has 1 aliphatic heterocycles. The molecule has 1 amide bonds. The van der Waals surface area contributed by atoms with E-state index in [1.807, 2.05) is 60.7 Å². The first kappa shape index (κ1) is 21.9. The Morgan fingerprint density at radius 1 is 1.12 bits per heavy atom. The third-order valence-electron chi connectivity index (χ3n) is 5.43. The van der Waals surface area contributed by atoms with E-state index in [1.165, 1.54) is 11.3 Å². The molecule has 1 N–H and O–H groups in total. The number of carbonyl (C=O) groups is 2. The van der Waals surface area contributed by atoms with Crippen molar-refractivity contribution in [2.75, 3.05) is 20.3 Å². The van der Waals surface area contributed by atoms with E-state index in [9.17, 15) is 14.7 Å². The molecule has 32 heavy (non-hydrogen) atoms. The number of aliphatic hydroxyl groups is 1. The number of thiazole rings is 1. The van der Waals surface area contributed by atoms with Crippen LogP contribution in [0.5, 0.6) is 0 Å². The molecule has 0 spiro atoms. The fourth-order valence-corrected chi connectivity index (χ4v) is 4.94. The minimum Gasteiger partial charge on any atom is -0.503 e. The van der Waals surface area contributed by atoms with Crippen LogP contribution in [0.3, 0.4) is 0 Å². The van der Waals surface area contributed by atoms with Crippen LogP contribution in [0, 0.1) is 6.92 Å². The number of aliphatic hydroxyl groups excluding tert-OH is 1. The van der Waals surface area contributed by atoms with Gasteiger partial charge in [0.15, 0.2) is 5.76 Å². The van der Waals surface area contributed by atoms with Crippen molar-refractivity contribution in [1.82, 2.24) is 9.88 Å². The predicted molar refractivity (Wildman–Crippen MR) is 124 cm³/mol. The molecule has 0 aliphatic carbocycles. The molecule has 4 rings (SSSR count). The van der Waals surface area contributed by atoms with E-state index in [0.29, 0.717) is 30.1 Å². The second kappa shape index (κ2) is 9.46. The molecule has 0 saturated carbocycles. The third-order valence-corrected chi connectivity index (χ3v) is 6.64. The Hall–Kier alpha value is -3.29. The number of aryl methyl sites for hydroxylation is 1. The van der Waals surface area contributed by atoms with Crippen molar-refractivity contribution >= 4 is 23.0 Å². The van der Waals surface area contributed by atoms with Crippen LogP contribution in [0.2, 0.25) is 0 Å². The summed E-state index contributed by atoms with van der Waals surface area (Å²) >= 11 is 1.28. The van der Waals surface area contributed by atoms with Gasteiger partial charge in [0.05, 0.1) is 22.2 Å². The van der Waals surface area contributed by atoms with E-state index in [-0.39, 0.29) is 11.4 Å². The molecule has 0 radical (unpaired) electrons. The number of ketones is 1. The van der Waals surface area contributed by atoms with Crippen molar-refractivity contribution in [3.05, 3.63) is 88.1 Å². The molecular weight excluding hydrogens is 424 g/mol. The van der Waals surface area contributed by atoms with Crippen molar-refractivity contribution in [2.24, 2.45) is 0 Å². The number of aromatic nitrogens is 1. The first-order chi connectivity index (χ1) is 15.5. The van der Waals surface area contributed by atoms with Gasteiger partial charge in [-0.25, -0.2) is 4.98 Å². The van der Waals surface area contributed by atoms with Gasteiger partial charge in [0, 0.05) is 25.8 Å². The van der Waals surface area contributed by atoms with Crippen LogP contribution >= 0.6 is 11.3 Å². The van der Waals surface area contributed by atoms with E-state index < -0.39 is 17.7 Å². The highest BCUT2D eigenvalue weighted by Crippen LogP contribution is 2.40. The number of hydrogen-bond acceptors (Lipinski definition) is 6. The fraction of sp³-hybridized carbons (Fsp3) is 0.240. The Labute approximate surface area is 190 Å². The summed E-state index contributed by atoms with van der Waals surface area (Å²) < 4.78 is 5.12. The molecule has 0 saturated heterocycles. The highest BCUT2D eigenvalue weighted by atomic mass is 32.1. The number of hydrogen-bond donors (Lipinski definition) is 1. The number of amides is 1. The minimum atomic E-state index is -0.658. The number of methoxy groups -OCH3 is 1. The Balaban J connectivity index is 1.74. The average Bonchev–Trinajstić information content (AvgIpc) is 3.33. The Morgan fingerprint density at radius 2 is 1.78 bits per heavy atom. The Bertz CT molecular complexity index is 1160. The van der Waals surface area contributed by atoms with Crippen LogP contribution in [0.4, 0.5) is 0 Å². The van der Waals surface area contributed by atoms with Crippen molar-refractivity contribution in [1.29, 1.82) is 0 Å². The zero-order valence-electron chi connectivity index (χ0n) is 17.9. The topological polar surface area (TPSA) is 79.7 Å². The maximum atomic E-state index is 13.7. The van der Waals surface area contributed by atoms with Gasteiger partial charge in [-0.2, -0.15) is 0 Å².